The van der Waals surface area contributed by atoms with E-state index in [1.165, 1.54) is 0 Å². The lowest BCUT2D eigenvalue weighted by Crippen LogP contribution is -2.20. The van der Waals surface area contributed by atoms with Crippen LogP contribution in [0.3, 0.4) is 0 Å². The molecule has 0 fully saturated rings. The summed E-state index contributed by atoms with van der Waals surface area (Å²) in [5, 5.41) is 11.3. The van der Waals surface area contributed by atoms with E-state index in [1.807, 2.05) is 24.3 Å². The van der Waals surface area contributed by atoms with Crippen LogP contribution >= 0.6 is 27.5 Å². The van der Waals surface area contributed by atoms with Crippen LogP contribution in [0.2, 0.25) is 5.02 Å². The average Bonchev–Trinajstić information content (AvgIpc) is 2.48. The van der Waals surface area contributed by atoms with Crippen LogP contribution in [0.25, 0.3) is 0 Å². The maximum Gasteiger partial charge on any atom is 0.124 e. The van der Waals surface area contributed by atoms with Gasteiger partial charge < -0.3 is 15.6 Å². The summed E-state index contributed by atoms with van der Waals surface area (Å²) in [6.07, 6.45) is -0.794. The van der Waals surface area contributed by atoms with Crippen molar-refractivity contribution in [3.8, 4) is 5.75 Å². The topological polar surface area (TPSA) is 55.5 Å². The van der Waals surface area contributed by atoms with Crippen molar-refractivity contribution < 1.29 is 9.84 Å². The van der Waals surface area contributed by atoms with Gasteiger partial charge in [-0.1, -0.05) is 39.7 Å². The lowest BCUT2D eigenvalue weighted by Gasteiger charge is -2.24. The molecule has 0 saturated heterocycles. The van der Waals surface area contributed by atoms with Gasteiger partial charge in [0, 0.05) is 27.5 Å². The predicted molar refractivity (Wildman–Crippen MR) is 88.9 cm³/mol. The molecule has 0 aromatic heterocycles. The van der Waals surface area contributed by atoms with Crippen LogP contribution in [0.4, 0.5) is 0 Å². The summed E-state index contributed by atoms with van der Waals surface area (Å²) in [6, 6.07) is 12.9. The molecule has 2 unspecified atom stereocenters. The van der Waals surface area contributed by atoms with E-state index in [9.17, 15) is 5.11 Å². The van der Waals surface area contributed by atoms with Crippen molar-refractivity contribution in [1.29, 1.82) is 0 Å². The van der Waals surface area contributed by atoms with E-state index in [-0.39, 0.29) is 5.92 Å². The van der Waals surface area contributed by atoms with Crippen LogP contribution in [0.15, 0.2) is 46.9 Å². The van der Waals surface area contributed by atoms with Gasteiger partial charge in [-0.3, -0.25) is 0 Å². The highest BCUT2D eigenvalue weighted by Crippen LogP contribution is 2.37. The molecule has 0 aliphatic rings. The third kappa shape index (κ3) is 3.77. The lowest BCUT2D eigenvalue weighted by atomic mass is 9.89. The number of aliphatic hydroxyl groups excluding tert-OH is 1. The number of aliphatic hydroxyl groups is 1. The van der Waals surface area contributed by atoms with E-state index < -0.39 is 6.10 Å². The Kier molecular flexibility index (Phi) is 5.65. The number of rotatable bonds is 5. The Morgan fingerprint density at radius 2 is 2.05 bits per heavy atom. The molecule has 5 heteroatoms. The summed E-state index contributed by atoms with van der Waals surface area (Å²) in [4.78, 5) is 0. The van der Waals surface area contributed by atoms with E-state index in [4.69, 9.17) is 22.1 Å². The SMILES string of the molecule is COc1ccc(Cl)cc1C(O)C(CN)c1cccc(Br)c1. The third-order valence-electron chi connectivity index (χ3n) is 3.42. The van der Waals surface area contributed by atoms with Crippen LogP contribution < -0.4 is 10.5 Å². The van der Waals surface area contributed by atoms with Gasteiger partial charge in [-0.05, 0) is 35.9 Å². The first-order valence-corrected chi connectivity index (χ1v) is 7.71. The summed E-state index contributed by atoms with van der Waals surface area (Å²) < 4.78 is 6.25. The number of halogens is 2. The monoisotopic (exact) mass is 369 g/mol. The summed E-state index contributed by atoms with van der Waals surface area (Å²) in [5.74, 6) is 0.357. The fourth-order valence-electron chi connectivity index (χ4n) is 2.34. The van der Waals surface area contributed by atoms with Crippen LogP contribution in [0.1, 0.15) is 23.1 Å². The molecule has 112 valence electrons. The van der Waals surface area contributed by atoms with Crippen LogP contribution in [-0.4, -0.2) is 18.8 Å². The van der Waals surface area contributed by atoms with Gasteiger partial charge in [0.2, 0.25) is 0 Å². The first kappa shape index (κ1) is 16.3. The van der Waals surface area contributed by atoms with Gasteiger partial charge in [0.1, 0.15) is 5.75 Å². The van der Waals surface area contributed by atoms with Gasteiger partial charge >= 0.3 is 0 Å². The van der Waals surface area contributed by atoms with Gasteiger partial charge in [0.25, 0.3) is 0 Å². The second kappa shape index (κ2) is 7.27. The highest BCUT2D eigenvalue weighted by molar-refractivity contribution is 9.10. The summed E-state index contributed by atoms with van der Waals surface area (Å²) >= 11 is 9.47. The number of nitrogens with two attached hydrogens (primary N) is 1. The number of hydrogen-bond donors (Lipinski definition) is 2. The molecule has 21 heavy (non-hydrogen) atoms. The molecule has 0 aliphatic heterocycles. The molecule has 2 aromatic rings. The number of ether oxygens (including phenoxy) is 1. The summed E-state index contributed by atoms with van der Waals surface area (Å²) in [7, 11) is 1.57. The van der Waals surface area contributed by atoms with Gasteiger partial charge in [0.15, 0.2) is 0 Å². The van der Waals surface area contributed by atoms with Crippen LogP contribution in [0.5, 0.6) is 5.75 Å². The fourth-order valence-corrected chi connectivity index (χ4v) is 2.94. The molecular weight excluding hydrogens is 354 g/mol. The standard InChI is InChI=1S/C16H17BrClNO2/c1-21-15-6-5-12(18)8-13(15)16(20)14(9-19)10-3-2-4-11(17)7-10/h2-8,14,16,20H,9,19H2,1H3. The Labute approximate surface area is 137 Å². The molecule has 2 aromatic carbocycles. The maximum atomic E-state index is 10.7. The van der Waals surface area contributed by atoms with Crippen molar-refractivity contribution in [2.24, 2.45) is 5.73 Å². The Bertz CT molecular complexity index is 621. The van der Waals surface area contributed by atoms with Gasteiger partial charge in [-0.2, -0.15) is 0 Å². The largest absolute Gasteiger partial charge is 0.496 e. The summed E-state index contributed by atoms with van der Waals surface area (Å²) in [5.41, 5.74) is 7.47. The van der Waals surface area contributed by atoms with E-state index >= 15 is 0 Å². The first-order valence-electron chi connectivity index (χ1n) is 6.54. The average molecular weight is 371 g/mol. The zero-order valence-electron chi connectivity index (χ0n) is 11.6. The minimum absolute atomic E-state index is 0.241. The maximum absolute atomic E-state index is 10.7. The highest BCUT2D eigenvalue weighted by Gasteiger charge is 2.24. The van der Waals surface area contributed by atoms with Crippen molar-refractivity contribution in [2.75, 3.05) is 13.7 Å². The van der Waals surface area contributed by atoms with Crippen molar-refractivity contribution in [2.45, 2.75) is 12.0 Å². The number of hydrogen-bond acceptors (Lipinski definition) is 3. The van der Waals surface area contributed by atoms with E-state index in [1.54, 1.807) is 25.3 Å². The van der Waals surface area contributed by atoms with E-state index in [0.29, 0.717) is 22.9 Å². The molecule has 3 nitrogen and oxygen atoms in total. The Hall–Kier alpha value is -1.07. The zero-order chi connectivity index (χ0) is 15.4. The number of methoxy groups -OCH3 is 1. The van der Waals surface area contributed by atoms with Crippen LogP contribution in [-0.2, 0) is 0 Å². The highest BCUT2D eigenvalue weighted by atomic mass is 79.9. The van der Waals surface area contributed by atoms with E-state index in [0.717, 1.165) is 10.0 Å². The van der Waals surface area contributed by atoms with Crippen molar-refractivity contribution in [3.63, 3.8) is 0 Å². The second-order valence-corrected chi connectivity index (χ2v) is 6.08. The third-order valence-corrected chi connectivity index (χ3v) is 4.15. The summed E-state index contributed by atoms with van der Waals surface area (Å²) in [6.45, 7) is 0.313. The smallest absolute Gasteiger partial charge is 0.124 e. The zero-order valence-corrected chi connectivity index (χ0v) is 13.9. The Morgan fingerprint density at radius 1 is 1.29 bits per heavy atom. The minimum atomic E-state index is -0.794. The van der Waals surface area contributed by atoms with Crippen molar-refractivity contribution in [3.05, 3.63) is 63.1 Å². The molecule has 2 rings (SSSR count). The molecule has 0 saturated carbocycles. The molecule has 3 N–H and O–H groups in total. The second-order valence-electron chi connectivity index (χ2n) is 4.73. The minimum Gasteiger partial charge on any atom is -0.496 e. The van der Waals surface area contributed by atoms with Crippen molar-refractivity contribution in [1.82, 2.24) is 0 Å². The van der Waals surface area contributed by atoms with E-state index in [2.05, 4.69) is 15.9 Å². The van der Waals surface area contributed by atoms with Gasteiger partial charge in [-0.15, -0.1) is 0 Å². The van der Waals surface area contributed by atoms with Gasteiger partial charge in [-0.25, -0.2) is 0 Å². The molecule has 0 radical (unpaired) electrons. The molecule has 0 bridgehead atoms. The lowest BCUT2D eigenvalue weighted by molar-refractivity contribution is 0.144. The molecule has 0 aliphatic carbocycles. The Balaban J connectivity index is 2.41. The van der Waals surface area contributed by atoms with Crippen molar-refractivity contribution >= 4 is 27.5 Å². The number of benzene rings is 2. The predicted octanol–water partition coefficient (Wildman–Crippen LogP) is 3.89. The van der Waals surface area contributed by atoms with Gasteiger partial charge in [0.05, 0.1) is 13.2 Å². The normalized spacial score (nSPS) is 13.8. The fraction of sp³-hybridized carbons (Fsp3) is 0.250. The van der Waals surface area contributed by atoms with Crippen LogP contribution in [0, 0.1) is 0 Å². The quantitative estimate of drug-likeness (QED) is 0.839. The molecular formula is C16H17BrClNO2. The molecule has 0 amide bonds. The Morgan fingerprint density at radius 3 is 2.67 bits per heavy atom. The molecule has 0 heterocycles. The first-order chi connectivity index (χ1) is 10.1. The molecule has 0 spiro atoms. The molecule has 2 atom stereocenters.